The first-order valence-electron chi connectivity index (χ1n) is 9.59. The fraction of sp³-hybridized carbons (Fsp3) is 0.174. The number of nitrogens with zero attached hydrogens (tertiary/aromatic N) is 2. The molecule has 0 bridgehead atoms. The number of hydrogen-bond donors (Lipinski definition) is 1. The molecule has 9 heteroatoms. The summed E-state index contributed by atoms with van der Waals surface area (Å²) in [5.74, 6) is -0.499. The summed E-state index contributed by atoms with van der Waals surface area (Å²) >= 11 is 5.97. The number of anilines is 2. The van der Waals surface area contributed by atoms with Gasteiger partial charge < -0.3 is 9.84 Å². The number of halogens is 4. The lowest BCUT2D eigenvalue weighted by atomic mass is 10.0. The SMILES string of the molecule is Cc1ccc(N2CC(O)(c3cccc(OC(F)(F)F)c3)N(c3ccc(Cl)cc3)C2=O)cc1. The van der Waals surface area contributed by atoms with E-state index < -0.39 is 23.9 Å². The zero-order valence-electron chi connectivity index (χ0n) is 16.8. The van der Waals surface area contributed by atoms with Crippen molar-refractivity contribution in [3.63, 3.8) is 0 Å². The highest BCUT2D eigenvalue weighted by molar-refractivity contribution is 6.30. The fourth-order valence-electron chi connectivity index (χ4n) is 3.64. The Morgan fingerprint density at radius 1 is 1.00 bits per heavy atom. The minimum Gasteiger partial charge on any atom is -0.406 e. The summed E-state index contributed by atoms with van der Waals surface area (Å²) in [6.45, 7) is 1.69. The number of aryl methyl sites for hydroxylation is 1. The van der Waals surface area contributed by atoms with Crippen LogP contribution in [0.4, 0.5) is 29.3 Å². The van der Waals surface area contributed by atoms with Gasteiger partial charge in [0.1, 0.15) is 5.75 Å². The number of hydrogen-bond acceptors (Lipinski definition) is 3. The second kappa shape index (κ2) is 8.03. The van der Waals surface area contributed by atoms with Gasteiger partial charge in [0.15, 0.2) is 5.72 Å². The van der Waals surface area contributed by atoms with Crippen molar-refractivity contribution in [1.29, 1.82) is 0 Å². The molecular weight excluding hydrogens is 445 g/mol. The van der Waals surface area contributed by atoms with Crippen molar-refractivity contribution in [3.8, 4) is 5.75 Å². The van der Waals surface area contributed by atoms with Gasteiger partial charge in [-0.15, -0.1) is 13.2 Å². The quantitative estimate of drug-likeness (QED) is 0.530. The van der Waals surface area contributed by atoms with Crippen molar-refractivity contribution >= 4 is 29.0 Å². The van der Waals surface area contributed by atoms with Crippen LogP contribution in [0.2, 0.25) is 5.02 Å². The normalized spacial score (nSPS) is 18.9. The lowest BCUT2D eigenvalue weighted by Crippen LogP contribution is -2.44. The van der Waals surface area contributed by atoms with E-state index in [0.29, 0.717) is 16.4 Å². The van der Waals surface area contributed by atoms with Gasteiger partial charge in [0.25, 0.3) is 0 Å². The number of carbonyl (C=O) groups is 1. The molecule has 4 rings (SSSR count). The van der Waals surface area contributed by atoms with Crippen LogP contribution >= 0.6 is 11.6 Å². The van der Waals surface area contributed by atoms with Crippen LogP contribution in [0.5, 0.6) is 5.75 Å². The third-order valence-electron chi connectivity index (χ3n) is 5.13. The van der Waals surface area contributed by atoms with Crippen LogP contribution in [-0.2, 0) is 5.72 Å². The van der Waals surface area contributed by atoms with Gasteiger partial charge in [-0.3, -0.25) is 9.80 Å². The highest BCUT2D eigenvalue weighted by atomic mass is 35.5. The molecule has 1 heterocycles. The second-order valence-corrected chi connectivity index (χ2v) is 7.84. The molecule has 1 atom stereocenters. The summed E-state index contributed by atoms with van der Waals surface area (Å²) in [6, 6.07) is 17.8. The van der Waals surface area contributed by atoms with Crippen molar-refractivity contribution in [2.24, 2.45) is 0 Å². The largest absolute Gasteiger partial charge is 0.573 e. The minimum atomic E-state index is -4.89. The van der Waals surface area contributed by atoms with E-state index in [1.807, 2.05) is 19.1 Å². The number of carbonyl (C=O) groups excluding carboxylic acids is 1. The molecule has 32 heavy (non-hydrogen) atoms. The first kappa shape index (κ1) is 22.0. The van der Waals surface area contributed by atoms with Gasteiger partial charge in [-0.25, -0.2) is 4.79 Å². The van der Waals surface area contributed by atoms with Gasteiger partial charge in [0.05, 0.1) is 6.54 Å². The number of alkyl halides is 3. The first-order chi connectivity index (χ1) is 15.1. The lowest BCUT2D eigenvalue weighted by Gasteiger charge is -2.32. The Bertz CT molecular complexity index is 1140. The van der Waals surface area contributed by atoms with Crippen molar-refractivity contribution in [2.45, 2.75) is 19.0 Å². The van der Waals surface area contributed by atoms with Crippen molar-refractivity contribution in [3.05, 3.63) is 88.9 Å². The van der Waals surface area contributed by atoms with Gasteiger partial charge in [0.2, 0.25) is 0 Å². The first-order valence-corrected chi connectivity index (χ1v) is 9.97. The highest BCUT2D eigenvalue weighted by Gasteiger charge is 2.51. The average molecular weight is 463 g/mol. The van der Waals surface area contributed by atoms with E-state index in [1.54, 1.807) is 36.4 Å². The Kier molecular flexibility index (Phi) is 5.52. The maximum atomic E-state index is 13.4. The van der Waals surface area contributed by atoms with Gasteiger partial charge in [0, 0.05) is 22.0 Å². The Morgan fingerprint density at radius 2 is 1.62 bits per heavy atom. The standard InChI is InChI=1S/C23H18ClF3N2O3/c1-15-5-9-18(10-6-15)28-14-22(31,16-3-2-4-20(13-16)32-23(25,26)27)29(21(28)30)19-11-7-17(24)8-12-19/h2-13,31H,14H2,1H3. The number of benzene rings is 3. The molecule has 1 fully saturated rings. The van der Waals surface area contributed by atoms with E-state index >= 15 is 0 Å². The number of rotatable bonds is 4. The van der Waals surface area contributed by atoms with Gasteiger partial charge in [-0.1, -0.05) is 41.4 Å². The molecule has 2 amide bonds. The Hall–Kier alpha value is -3.23. The molecule has 3 aromatic rings. The predicted molar refractivity (Wildman–Crippen MR) is 115 cm³/mol. The second-order valence-electron chi connectivity index (χ2n) is 7.41. The number of urea groups is 1. The Morgan fingerprint density at radius 3 is 2.25 bits per heavy atom. The van der Waals surface area contributed by atoms with E-state index in [4.69, 9.17) is 11.6 Å². The van der Waals surface area contributed by atoms with Gasteiger partial charge in [-0.2, -0.15) is 0 Å². The van der Waals surface area contributed by atoms with E-state index in [1.165, 1.54) is 17.0 Å². The molecule has 1 unspecified atom stereocenters. The number of β-amino-alcohol motifs (C(OH)–C–C–N with tert-alkyl or cyclic N) is 1. The third-order valence-corrected chi connectivity index (χ3v) is 5.38. The summed E-state index contributed by atoms with van der Waals surface area (Å²) in [5.41, 5.74) is -0.0444. The van der Waals surface area contributed by atoms with E-state index in [9.17, 15) is 23.1 Å². The Labute approximate surface area is 187 Å². The van der Waals surface area contributed by atoms with E-state index in [-0.39, 0.29) is 12.1 Å². The molecule has 3 aromatic carbocycles. The monoisotopic (exact) mass is 462 g/mol. The molecule has 0 aliphatic carbocycles. The third kappa shape index (κ3) is 4.24. The number of aliphatic hydroxyl groups is 1. The molecule has 5 nitrogen and oxygen atoms in total. The van der Waals surface area contributed by atoms with E-state index in [0.717, 1.165) is 22.6 Å². The molecule has 1 N–H and O–H groups in total. The zero-order chi connectivity index (χ0) is 23.1. The zero-order valence-corrected chi connectivity index (χ0v) is 17.6. The number of ether oxygens (including phenoxy) is 1. The molecular formula is C23H18ClF3N2O3. The topological polar surface area (TPSA) is 53.0 Å². The molecule has 0 spiro atoms. The minimum absolute atomic E-state index is 0.0668. The Balaban J connectivity index is 1.81. The molecule has 166 valence electrons. The molecule has 1 aliphatic rings. The van der Waals surface area contributed by atoms with Crippen molar-refractivity contribution < 1.29 is 27.8 Å². The summed E-state index contributed by atoms with van der Waals surface area (Å²) < 4.78 is 42.2. The molecule has 1 aliphatic heterocycles. The maximum Gasteiger partial charge on any atom is 0.573 e. The van der Waals surface area contributed by atoms with Gasteiger partial charge >= 0.3 is 12.4 Å². The highest BCUT2D eigenvalue weighted by Crippen LogP contribution is 2.41. The predicted octanol–water partition coefficient (Wildman–Crippen LogP) is 5.84. The van der Waals surface area contributed by atoms with Crippen molar-refractivity contribution in [2.75, 3.05) is 16.3 Å². The number of amides is 2. The van der Waals surface area contributed by atoms with Crippen LogP contribution < -0.4 is 14.5 Å². The van der Waals surface area contributed by atoms with Crippen molar-refractivity contribution in [1.82, 2.24) is 0 Å². The molecule has 0 aromatic heterocycles. The summed E-state index contributed by atoms with van der Waals surface area (Å²) in [5, 5.41) is 12.1. The summed E-state index contributed by atoms with van der Waals surface area (Å²) in [4.78, 5) is 15.9. The molecule has 1 saturated heterocycles. The fourth-order valence-corrected chi connectivity index (χ4v) is 3.77. The van der Waals surface area contributed by atoms with Crippen LogP contribution in [0.15, 0.2) is 72.8 Å². The average Bonchev–Trinajstić information content (AvgIpc) is 3.00. The van der Waals surface area contributed by atoms with Gasteiger partial charge in [-0.05, 0) is 55.5 Å². The maximum absolute atomic E-state index is 13.4. The van der Waals surface area contributed by atoms with Crippen LogP contribution in [0, 0.1) is 6.92 Å². The molecule has 0 saturated carbocycles. The van der Waals surface area contributed by atoms with Crippen LogP contribution in [0.3, 0.4) is 0 Å². The van der Waals surface area contributed by atoms with Crippen LogP contribution in [0.1, 0.15) is 11.1 Å². The summed E-state index contributed by atoms with van der Waals surface area (Å²) in [6.07, 6.45) is -4.89. The summed E-state index contributed by atoms with van der Waals surface area (Å²) in [7, 11) is 0. The smallest absolute Gasteiger partial charge is 0.406 e. The molecule has 0 radical (unpaired) electrons. The van der Waals surface area contributed by atoms with Crippen LogP contribution in [0.25, 0.3) is 0 Å². The lowest BCUT2D eigenvalue weighted by molar-refractivity contribution is -0.274. The van der Waals surface area contributed by atoms with Crippen LogP contribution in [-0.4, -0.2) is 24.0 Å². The van der Waals surface area contributed by atoms with E-state index in [2.05, 4.69) is 4.74 Å².